The highest BCUT2D eigenvalue weighted by atomic mass is 16.3. The van der Waals surface area contributed by atoms with Crippen LogP contribution in [-0.2, 0) is 0 Å². The smallest absolute Gasteiger partial charge is 0.133 e. The first-order valence-corrected chi connectivity index (χ1v) is 7.52. The molecule has 0 aliphatic heterocycles. The maximum Gasteiger partial charge on any atom is 0.133 e. The van der Waals surface area contributed by atoms with Gasteiger partial charge in [0.25, 0.3) is 0 Å². The molecule has 3 heteroatoms. The summed E-state index contributed by atoms with van der Waals surface area (Å²) in [6.45, 7) is 1.08. The Morgan fingerprint density at radius 2 is 1.90 bits per heavy atom. The van der Waals surface area contributed by atoms with E-state index in [0.29, 0.717) is 0 Å². The van der Waals surface area contributed by atoms with Gasteiger partial charge in [-0.2, -0.15) is 0 Å². The predicted molar refractivity (Wildman–Crippen MR) is 82.8 cm³/mol. The Labute approximate surface area is 120 Å². The Bertz CT molecular complexity index is 571. The molecule has 106 valence electrons. The van der Waals surface area contributed by atoms with Gasteiger partial charge in [0.15, 0.2) is 0 Å². The molecule has 1 aromatic heterocycles. The van der Waals surface area contributed by atoms with Crippen LogP contribution < -0.4 is 5.32 Å². The van der Waals surface area contributed by atoms with Crippen molar-refractivity contribution in [2.75, 3.05) is 18.5 Å². The molecular weight excluding hydrogens is 248 g/mol. The van der Waals surface area contributed by atoms with Crippen molar-refractivity contribution in [2.24, 2.45) is 5.41 Å². The van der Waals surface area contributed by atoms with Crippen LogP contribution in [0.4, 0.5) is 5.82 Å². The van der Waals surface area contributed by atoms with E-state index in [4.69, 9.17) is 0 Å². The fraction of sp³-hybridized carbons (Fsp3) is 0.471. The number of nitrogens with one attached hydrogen (secondary N) is 1. The molecule has 0 bridgehead atoms. The van der Waals surface area contributed by atoms with E-state index in [1.165, 1.54) is 24.6 Å². The number of pyridine rings is 1. The molecule has 0 spiro atoms. The summed E-state index contributed by atoms with van der Waals surface area (Å²) in [5.74, 6) is 0.932. The minimum Gasteiger partial charge on any atom is -0.396 e. The van der Waals surface area contributed by atoms with Gasteiger partial charge in [0.1, 0.15) is 5.82 Å². The van der Waals surface area contributed by atoms with Crippen molar-refractivity contribution in [2.45, 2.75) is 32.1 Å². The SMILES string of the molecule is OCC1(CNc2nccc3ccccc23)CCCCC1. The molecule has 2 N–H and O–H groups in total. The van der Waals surface area contributed by atoms with Crippen LogP contribution in [0, 0.1) is 5.41 Å². The third-order valence-corrected chi connectivity index (χ3v) is 4.55. The molecule has 0 saturated heterocycles. The molecule has 0 radical (unpaired) electrons. The lowest BCUT2D eigenvalue weighted by molar-refractivity contribution is 0.0943. The number of hydrogen-bond acceptors (Lipinski definition) is 3. The zero-order chi connectivity index (χ0) is 13.8. The summed E-state index contributed by atoms with van der Waals surface area (Å²) >= 11 is 0. The topological polar surface area (TPSA) is 45.1 Å². The highest BCUT2D eigenvalue weighted by Crippen LogP contribution is 2.36. The minimum absolute atomic E-state index is 0.0386. The Morgan fingerprint density at radius 3 is 2.70 bits per heavy atom. The summed E-state index contributed by atoms with van der Waals surface area (Å²) in [6.07, 6.45) is 7.82. The standard InChI is InChI=1S/C17H22N2O/c20-13-17(9-4-1-5-10-17)12-19-16-15-7-3-2-6-14(15)8-11-18-16/h2-3,6-8,11,20H,1,4-5,9-10,12-13H2,(H,18,19). The van der Waals surface area contributed by atoms with Crippen LogP contribution in [0.1, 0.15) is 32.1 Å². The molecule has 0 unspecified atom stereocenters. The second-order valence-electron chi connectivity index (χ2n) is 5.95. The third kappa shape index (κ3) is 2.63. The Balaban J connectivity index is 1.79. The monoisotopic (exact) mass is 270 g/mol. The first kappa shape index (κ1) is 13.4. The number of hydrogen-bond donors (Lipinski definition) is 2. The molecular formula is C17H22N2O. The lowest BCUT2D eigenvalue weighted by Crippen LogP contribution is -2.35. The maximum absolute atomic E-state index is 9.77. The van der Waals surface area contributed by atoms with E-state index in [-0.39, 0.29) is 12.0 Å². The van der Waals surface area contributed by atoms with Gasteiger partial charge in [-0.1, -0.05) is 43.5 Å². The van der Waals surface area contributed by atoms with Gasteiger partial charge < -0.3 is 10.4 Å². The van der Waals surface area contributed by atoms with Crippen LogP contribution in [0.15, 0.2) is 36.5 Å². The van der Waals surface area contributed by atoms with Gasteiger partial charge in [0.05, 0.1) is 6.61 Å². The molecule has 2 aromatic rings. The summed E-state index contributed by atoms with van der Waals surface area (Å²) in [4.78, 5) is 4.46. The van der Waals surface area contributed by atoms with Crippen molar-refractivity contribution in [3.05, 3.63) is 36.5 Å². The van der Waals surface area contributed by atoms with E-state index in [2.05, 4.69) is 22.4 Å². The van der Waals surface area contributed by atoms with Gasteiger partial charge in [0.2, 0.25) is 0 Å². The first-order chi connectivity index (χ1) is 9.83. The van der Waals surface area contributed by atoms with E-state index in [9.17, 15) is 5.11 Å². The molecule has 1 aliphatic carbocycles. The van der Waals surface area contributed by atoms with Gasteiger partial charge in [-0.3, -0.25) is 0 Å². The van der Waals surface area contributed by atoms with Gasteiger partial charge in [-0.05, 0) is 24.3 Å². The van der Waals surface area contributed by atoms with E-state index in [0.717, 1.165) is 30.6 Å². The average Bonchev–Trinajstić information content (AvgIpc) is 2.54. The highest BCUT2D eigenvalue weighted by Gasteiger charge is 2.31. The summed E-state index contributed by atoms with van der Waals surface area (Å²) in [6, 6.07) is 10.3. The lowest BCUT2D eigenvalue weighted by Gasteiger charge is -2.35. The molecule has 1 saturated carbocycles. The number of aliphatic hydroxyl groups excluding tert-OH is 1. The van der Waals surface area contributed by atoms with E-state index in [1.54, 1.807) is 0 Å². The first-order valence-electron chi connectivity index (χ1n) is 7.52. The molecule has 3 nitrogen and oxygen atoms in total. The van der Waals surface area contributed by atoms with Gasteiger partial charge >= 0.3 is 0 Å². The summed E-state index contributed by atoms with van der Waals surface area (Å²) in [5, 5.41) is 15.6. The van der Waals surface area contributed by atoms with Crippen LogP contribution in [0.5, 0.6) is 0 Å². The number of rotatable bonds is 4. The predicted octanol–water partition coefficient (Wildman–Crippen LogP) is 3.59. The van der Waals surface area contributed by atoms with E-state index in [1.807, 2.05) is 24.4 Å². The summed E-state index contributed by atoms with van der Waals surface area (Å²) < 4.78 is 0. The largest absolute Gasteiger partial charge is 0.396 e. The van der Waals surface area contributed by atoms with Gasteiger partial charge in [0, 0.05) is 23.5 Å². The number of aliphatic hydroxyl groups is 1. The summed E-state index contributed by atoms with van der Waals surface area (Å²) in [7, 11) is 0. The van der Waals surface area contributed by atoms with Crippen molar-refractivity contribution in [3.8, 4) is 0 Å². The van der Waals surface area contributed by atoms with Crippen molar-refractivity contribution in [1.29, 1.82) is 0 Å². The summed E-state index contributed by atoms with van der Waals surface area (Å²) in [5.41, 5.74) is 0.0386. The molecule has 0 atom stereocenters. The number of anilines is 1. The molecule has 1 aromatic carbocycles. The highest BCUT2D eigenvalue weighted by molar-refractivity contribution is 5.91. The van der Waals surface area contributed by atoms with Crippen molar-refractivity contribution >= 4 is 16.6 Å². The molecule has 1 aliphatic rings. The van der Waals surface area contributed by atoms with Crippen molar-refractivity contribution in [1.82, 2.24) is 4.98 Å². The normalized spacial score (nSPS) is 18.1. The van der Waals surface area contributed by atoms with E-state index < -0.39 is 0 Å². The van der Waals surface area contributed by atoms with Crippen LogP contribution in [0.25, 0.3) is 10.8 Å². The Kier molecular flexibility index (Phi) is 3.88. The van der Waals surface area contributed by atoms with Gasteiger partial charge in [-0.15, -0.1) is 0 Å². The van der Waals surface area contributed by atoms with Crippen LogP contribution >= 0.6 is 0 Å². The van der Waals surface area contributed by atoms with E-state index >= 15 is 0 Å². The molecule has 1 fully saturated rings. The minimum atomic E-state index is 0.0386. The van der Waals surface area contributed by atoms with Crippen LogP contribution in [0.2, 0.25) is 0 Å². The molecule has 1 heterocycles. The fourth-order valence-electron chi connectivity index (χ4n) is 3.22. The van der Waals surface area contributed by atoms with Crippen LogP contribution in [0.3, 0.4) is 0 Å². The average molecular weight is 270 g/mol. The fourth-order valence-corrected chi connectivity index (χ4v) is 3.22. The molecule has 3 rings (SSSR count). The number of benzene rings is 1. The third-order valence-electron chi connectivity index (χ3n) is 4.55. The second-order valence-corrected chi connectivity index (χ2v) is 5.95. The van der Waals surface area contributed by atoms with Crippen molar-refractivity contribution in [3.63, 3.8) is 0 Å². The second kappa shape index (κ2) is 5.80. The van der Waals surface area contributed by atoms with Gasteiger partial charge in [-0.25, -0.2) is 4.98 Å². The number of fused-ring (bicyclic) bond motifs is 1. The van der Waals surface area contributed by atoms with Crippen molar-refractivity contribution < 1.29 is 5.11 Å². The molecule has 0 amide bonds. The maximum atomic E-state index is 9.77. The lowest BCUT2D eigenvalue weighted by atomic mass is 9.74. The zero-order valence-electron chi connectivity index (χ0n) is 11.8. The Hall–Kier alpha value is -1.61. The van der Waals surface area contributed by atoms with Crippen LogP contribution in [-0.4, -0.2) is 23.2 Å². The number of nitrogens with zero attached hydrogens (tertiary/aromatic N) is 1. The number of aromatic nitrogens is 1. The quantitative estimate of drug-likeness (QED) is 0.892. The Morgan fingerprint density at radius 1 is 1.10 bits per heavy atom. The molecule has 20 heavy (non-hydrogen) atoms. The zero-order valence-corrected chi connectivity index (χ0v) is 11.8.